The van der Waals surface area contributed by atoms with Crippen LogP contribution in [0.4, 0.5) is 0 Å². The van der Waals surface area contributed by atoms with Gasteiger partial charge in [0.25, 0.3) is 6.33 Å². The Morgan fingerprint density at radius 3 is 1.93 bits per heavy atom. The van der Waals surface area contributed by atoms with E-state index in [2.05, 4.69) is 26.0 Å². The Labute approximate surface area is 172 Å². The van der Waals surface area contributed by atoms with E-state index in [0.717, 1.165) is 45.2 Å². The summed E-state index contributed by atoms with van der Waals surface area (Å²) in [5.74, 6) is 0. The van der Waals surface area contributed by atoms with E-state index in [1.807, 2.05) is 101 Å². The van der Waals surface area contributed by atoms with Crippen molar-refractivity contribution in [3.8, 4) is 0 Å². The molecule has 1 N–H and O–H groups in total. The van der Waals surface area contributed by atoms with Crippen molar-refractivity contribution >= 4 is 47.5 Å². The first-order chi connectivity index (χ1) is 14.7. The molecule has 0 unspecified atom stereocenters. The molecule has 3 aliphatic rings. The van der Waals surface area contributed by atoms with Crippen LogP contribution in [-0.2, 0) is 0 Å². The lowest BCUT2D eigenvalue weighted by Gasteiger charge is -1.85. The molecule has 0 aliphatic carbocycles. The molecule has 6 heterocycles. The lowest BCUT2D eigenvalue weighted by Crippen LogP contribution is -2.13. The predicted octanol–water partition coefficient (Wildman–Crippen LogP) is 4.02. The van der Waals surface area contributed by atoms with Gasteiger partial charge < -0.3 is 4.98 Å². The third-order valence-electron chi connectivity index (χ3n) is 4.92. The number of aromatic nitrogens is 6. The first-order valence-electron chi connectivity index (χ1n) is 9.68. The van der Waals surface area contributed by atoms with Gasteiger partial charge in [0, 0.05) is 5.52 Å². The highest BCUT2D eigenvalue weighted by Crippen LogP contribution is 2.17. The van der Waals surface area contributed by atoms with Crippen molar-refractivity contribution in [3.63, 3.8) is 0 Å². The number of fused-ring (bicyclic) bond motifs is 10. The van der Waals surface area contributed by atoms with Gasteiger partial charge in [-0.15, -0.1) is 0 Å². The summed E-state index contributed by atoms with van der Waals surface area (Å²) in [6, 6.07) is 10.1. The second kappa shape index (κ2) is 6.63. The first-order valence-corrected chi connectivity index (χ1v) is 9.68. The SMILES string of the molecule is C1=Cc2cc3nc(cn4cc[n+](cc5ccc(cc6nc(cc1n2)C=C6)[nH]5)c4)C=C3. The fourth-order valence-electron chi connectivity index (χ4n) is 3.56. The number of H-pyrrole nitrogens is 1. The van der Waals surface area contributed by atoms with E-state index in [-0.39, 0.29) is 0 Å². The number of hydrogen-bond acceptors (Lipinski definition) is 3. The van der Waals surface area contributed by atoms with Crippen molar-refractivity contribution in [3.05, 3.63) is 95.6 Å². The third kappa shape index (κ3) is 3.31. The van der Waals surface area contributed by atoms with Gasteiger partial charge in [0.05, 0.1) is 34.0 Å². The molecule has 3 aromatic rings. The monoisotopic (exact) mass is 389 g/mol. The van der Waals surface area contributed by atoms with Gasteiger partial charge in [-0.1, -0.05) is 0 Å². The van der Waals surface area contributed by atoms with E-state index in [9.17, 15) is 0 Å². The highest BCUT2D eigenvalue weighted by atomic mass is 15.0. The van der Waals surface area contributed by atoms with Crippen LogP contribution < -0.4 is 4.40 Å². The van der Waals surface area contributed by atoms with Crippen LogP contribution in [0.25, 0.3) is 47.5 Å². The molecule has 30 heavy (non-hydrogen) atoms. The Balaban J connectivity index is 1.61. The molecule has 0 radical (unpaired) electrons. The molecule has 0 aromatic carbocycles. The molecule has 0 spiro atoms. The zero-order valence-corrected chi connectivity index (χ0v) is 16.0. The van der Waals surface area contributed by atoms with Gasteiger partial charge in [-0.25, -0.2) is 23.8 Å². The maximum Gasteiger partial charge on any atom is 0.253 e. The number of hydrogen-bond donors (Lipinski definition) is 1. The normalized spacial score (nSPS) is 12.9. The fraction of sp³-hybridized carbons (Fsp3) is 0. The number of imidazole rings is 1. The molecule has 3 aromatic heterocycles. The van der Waals surface area contributed by atoms with Crippen LogP contribution in [0.1, 0.15) is 34.2 Å². The summed E-state index contributed by atoms with van der Waals surface area (Å²) in [7, 11) is 0. The first kappa shape index (κ1) is 16.6. The van der Waals surface area contributed by atoms with E-state index in [0.29, 0.717) is 0 Å². The third-order valence-corrected chi connectivity index (χ3v) is 4.92. The molecule has 0 saturated carbocycles. The van der Waals surface area contributed by atoms with Crippen LogP contribution in [-0.4, -0.2) is 24.3 Å². The Hall–Kier alpha value is -4.32. The zero-order valence-electron chi connectivity index (χ0n) is 16.0. The number of aromatic amines is 1. The molecule has 6 nitrogen and oxygen atoms in total. The van der Waals surface area contributed by atoms with Gasteiger partial charge >= 0.3 is 0 Å². The number of rotatable bonds is 0. The molecular weight excluding hydrogens is 372 g/mol. The molecule has 0 atom stereocenters. The van der Waals surface area contributed by atoms with Crippen LogP contribution in [0.5, 0.6) is 0 Å². The minimum atomic E-state index is 0.881. The largest absolute Gasteiger partial charge is 0.353 e. The molecule has 10 bridgehead atoms. The predicted molar refractivity (Wildman–Crippen MR) is 118 cm³/mol. The van der Waals surface area contributed by atoms with E-state index in [4.69, 9.17) is 0 Å². The number of nitrogens with one attached hydrogen (secondary N) is 1. The summed E-state index contributed by atoms with van der Waals surface area (Å²) in [5.41, 5.74) is 7.34. The van der Waals surface area contributed by atoms with Gasteiger partial charge in [0.15, 0.2) is 0 Å². The summed E-state index contributed by atoms with van der Waals surface area (Å²) < 4.78 is 3.99. The van der Waals surface area contributed by atoms with Crippen molar-refractivity contribution in [1.29, 1.82) is 0 Å². The lowest BCUT2D eigenvalue weighted by molar-refractivity contribution is -0.537. The zero-order chi connectivity index (χ0) is 19.9. The van der Waals surface area contributed by atoms with Crippen LogP contribution in [0.3, 0.4) is 0 Å². The van der Waals surface area contributed by atoms with Crippen LogP contribution in [0.15, 0.2) is 61.4 Å². The number of nitrogens with zero attached hydrogens (tertiary/aromatic N) is 5. The molecule has 142 valence electrons. The van der Waals surface area contributed by atoms with Crippen molar-refractivity contribution in [2.45, 2.75) is 0 Å². The minimum Gasteiger partial charge on any atom is -0.353 e. The summed E-state index contributed by atoms with van der Waals surface area (Å²) >= 11 is 0. The average Bonchev–Trinajstić information content (AvgIpc) is 3.52. The van der Waals surface area contributed by atoms with Crippen LogP contribution >= 0.6 is 0 Å². The van der Waals surface area contributed by atoms with E-state index >= 15 is 0 Å². The summed E-state index contributed by atoms with van der Waals surface area (Å²) in [4.78, 5) is 17.4. The Bertz CT molecular complexity index is 1390. The smallest absolute Gasteiger partial charge is 0.253 e. The van der Waals surface area contributed by atoms with Crippen molar-refractivity contribution in [2.24, 2.45) is 0 Å². The second-order valence-corrected chi connectivity index (χ2v) is 7.25. The van der Waals surface area contributed by atoms with Gasteiger partial charge in [0.1, 0.15) is 30.5 Å². The van der Waals surface area contributed by atoms with Crippen molar-refractivity contribution in [2.75, 3.05) is 0 Å². The molecule has 6 rings (SSSR count). The Kier molecular flexibility index (Phi) is 3.67. The summed E-state index contributed by atoms with van der Waals surface area (Å²) in [6.07, 6.45) is 22.0. The van der Waals surface area contributed by atoms with E-state index in [1.165, 1.54) is 0 Å². The molecule has 0 amide bonds. The van der Waals surface area contributed by atoms with Gasteiger partial charge in [-0.05, 0) is 66.8 Å². The summed E-state index contributed by atoms with van der Waals surface area (Å²) in [6.45, 7) is 0. The average molecular weight is 389 g/mol. The van der Waals surface area contributed by atoms with Crippen molar-refractivity contribution < 1.29 is 4.40 Å². The maximum atomic E-state index is 4.67. The lowest BCUT2D eigenvalue weighted by atomic mass is 10.3. The van der Waals surface area contributed by atoms with E-state index < -0.39 is 0 Å². The second-order valence-electron chi connectivity index (χ2n) is 7.25. The summed E-state index contributed by atoms with van der Waals surface area (Å²) in [5, 5.41) is 0. The van der Waals surface area contributed by atoms with Gasteiger partial charge in [-0.3, -0.25) is 0 Å². The van der Waals surface area contributed by atoms with Gasteiger partial charge in [0.2, 0.25) is 0 Å². The minimum absolute atomic E-state index is 0.881. The molecule has 6 heteroatoms. The van der Waals surface area contributed by atoms with Crippen molar-refractivity contribution in [1.82, 2.24) is 24.3 Å². The fourth-order valence-corrected chi connectivity index (χ4v) is 3.56. The molecule has 0 fully saturated rings. The highest BCUT2D eigenvalue weighted by molar-refractivity contribution is 5.77. The Morgan fingerprint density at radius 1 is 0.667 bits per heavy atom. The molecular formula is C24H17N6+. The highest BCUT2D eigenvalue weighted by Gasteiger charge is 2.04. The quantitative estimate of drug-likeness (QED) is 0.399. The standard InChI is InChI=1S/C24H17N6/c1-3-19-12-21-5-7-23(27-21)14-29-9-10-30(16-29)15-24-8-6-22(28-24)13-20-4-2-18(26-20)11-17(1)25-19/h1-16,27H/q+1. The molecule has 3 aliphatic heterocycles. The maximum absolute atomic E-state index is 4.67. The van der Waals surface area contributed by atoms with Gasteiger partial charge in [-0.2, -0.15) is 0 Å². The molecule has 0 saturated heterocycles. The topological polar surface area (TPSA) is 63.0 Å². The van der Waals surface area contributed by atoms with E-state index in [1.54, 1.807) is 0 Å². The van der Waals surface area contributed by atoms with Crippen LogP contribution in [0, 0.1) is 0 Å². The Morgan fingerprint density at radius 2 is 1.23 bits per heavy atom. The van der Waals surface area contributed by atoms with Crippen LogP contribution in [0.2, 0.25) is 0 Å².